The van der Waals surface area contributed by atoms with Crippen molar-refractivity contribution in [2.45, 2.75) is 27.0 Å². The number of carbonyl (C=O) groups is 2. The zero-order chi connectivity index (χ0) is 15.5. The molecule has 0 fully saturated rings. The van der Waals surface area contributed by atoms with E-state index in [-0.39, 0.29) is 18.5 Å². The quantitative estimate of drug-likeness (QED) is 0.673. The van der Waals surface area contributed by atoms with Crippen molar-refractivity contribution in [3.05, 3.63) is 35.4 Å². The molecular weight excluding hydrogens is 270 g/mol. The summed E-state index contributed by atoms with van der Waals surface area (Å²) in [4.78, 5) is 22.8. The summed E-state index contributed by atoms with van der Waals surface area (Å²) in [5, 5.41) is 7.84. The van der Waals surface area contributed by atoms with E-state index in [4.69, 9.17) is 4.74 Å². The summed E-state index contributed by atoms with van der Waals surface area (Å²) in [5.74, 6) is -0.204. The van der Waals surface area contributed by atoms with Crippen molar-refractivity contribution in [2.75, 3.05) is 19.7 Å². The van der Waals surface area contributed by atoms with Gasteiger partial charge >= 0.3 is 6.03 Å². The third-order valence-electron chi connectivity index (χ3n) is 2.80. The van der Waals surface area contributed by atoms with E-state index in [1.807, 2.05) is 38.1 Å². The van der Waals surface area contributed by atoms with Gasteiger partial charge in [0.25, 0.3) is 0 Å². The molecule has 0 bridgehead atoms. The third-order valence-corrected chi connectivity index (χ3v) is 2.80. The number of rotatable bonds is 8. The molecule has 3 N–H and O–H groups in total. The van der Waals surface area contributed by atoms with Crippen molar-refractivity contribution in [1.82, 2.24) is 16.0 Å². The lowest BCUT2D eigenvalue weighted by Gasteiger charge is -2.11. The van der Waals surface area contributed by atoms with E-state index < -0.39 is 0 Å². The molecule has 0 aliphatic carbocycles. The minimum Gasteiger partial charge on any atom is -0.377 e. The number of ether oxygens (including phenoxy) is 1. The van der Waals surface area contributed by atoms with Gasteiger partial charge in [0.1, 0.15) is 0 Å². The van der Waals surface area contributed by atoms with Crippen LogP contribution in [0.15, 0.2) is 24.3 Å². The fourth-order valence-electron chi connectivity index (χ4n) is 1.74. The lowest BCUT2D eigenvalue weighted by atomic mass is 10.1. The zero-order valence-corrected chi connectivity index (χ0v) is 12.6. The molecule has 1 rings (SSSR count). The molecule has 0 radical (unpaired) electrons. The Balaban J connectivity index is 2.40. The summed E-state index contributed by atoms with van der Waals surface area (Å²) in [6, 6.07) is 7.40. The summed E-state index contributed by atoms with van der Waals surface area (Å²) in [6.45, 7) is 5.85. The SMILES string of the molecule is CCNC(=O)CNC(=O)NCc1ccccc1COCC. The van der Waals surface area contributed by atoms with Crippen molar-refractivity contribution in [3.8, 4) is 0 Å². The number of likely N-dealkylation sites (N-methyl/N-ethyl adjacent to an activating group) is 1. The molecule has 116 valence electrons. The van der Waals surface area contributed by atoms with Gasteiger partial charge in [-0.2, -0.15) is 0 Å². The minimum absolute atomic E-state index is 0.0275. The highest BCUT2D eigenvalue weighted by molar-refractivity contribution is 5.83. The number of benzene rings is 1. The van der Waals surface area contributed by atoms with Crippen LogP contribution in [-0.2, 0) is 22.7 Å². The molecule has 0 aromatic heterocycles. The van der Waals surface area contributed by atoms with E-state index in [0.29, 0.717) is 26.3 Å². The summed E-state index contributed by atoms with van der Waals surface area (Å²) in [6.07, 6.45) is 0. The van der Waals surface area contributed by atoms with Gasteiger partial charge in [0.2, 0.25) is 5.91 Å². The first kappa shape index (κ1) is 17.0. The van der Waals surface area contributed by atoms with Gasteiger partial charge in [0, 0.05) is 19.7 Å². The molecule has 1 aromatic carbocycles. The second-order valence-electron chi connectivity index (χ2n) is 4.40. The van der Waals surface area contributed by atoms with Gasteiger partial charge in [-0.3, -0.25) is 4.79 Å². The molecule has 0 saturated carbocycles. The van der Waals surface area contributed by atoms with Crippen molar-refractivity contribution in [1.29, 1.82) is 0 Å². The smallest absolute Gasteiger partial charge is 0.315 e. The predicted molar refractivity (Wildman–Crippen MR) is 80.7 cm³/mol. The third kappa shape index (κ3) is 6.76. The van der Waals surface area contributed by atoms with Crippen LogP contribution in [0.3, 0.4) is 0 Å². The second-order valence-corrected chi connectivity index (χ2v) is 4.40. The summed E-state index contributed by atoms with van der Waals surface area (Å²) >= 11 is 0. The van der Waals surface area contributed by atoms with Crippen LogP contribution in [0.2, 0.25) is 0 Å². The van der Waals surface area contributed by atoms with Crippen LogP contribution in [-0.4, -0.2) is 31.6 Å². The van der Waals surface area contributed by atoms with E-state index in [2.05, 4.69) is 16.0 Å². The Morgan fingerprint density at radius 2 is 1.76 bits per heavy atom. The van der Waals surface area contributed by atoms with Crippen LogP contribution in [0.4, 0.5) is 4.79 Å². The van der Waals surface area contributed by atoms with Crippen molar-refractivity contribution in [3.63, 3.8) is 0 Å². The predicted octanol–water partition coefficient (Wildman–Crippen LogP) is 1.16. The van der Waals surface area contributed by atoms with E-state index in [1.54, 1.807) is 0 Å². The van der Waals surface area contributed by atoms with Gasteiger partial charge in [-0.05, 0) is 25.0 Å². The first-order chi connectivity index (χ1) is 10.2. The molecule has 6 nitrogen and oxygen atoms in total. The molecule has 0 heterocycles. The Morgan fingerprint density at radius 1 is 1.05 bits per heavy atom. The molecule has 6 heteroatoms. The average Bonchev–Trinajstić information content (AvgIpc) is 2.50. The largest absolute Gasteiger partial charge is 0.377 e. The number of carbonyl (C=O) groups excluding carboxylic acids is 2. The van der Waals surface area contributed by atoms with Crippen LogP contribution >= 0.6 is 0 Å². The highest BCUT2D eigenvalue weighted by Crippen LogP contribution is 2.09. The van der Waals surface area contributed by atoms with Crippen LogP contribution in [0.5, 0.6) is 0 Å². The normalized spacial score (nSPS) is 10.0. The van der Waals surface area contributed by atoms with Crippen molar-refractivity contribution in [2.24, 2.45) is 0 Å². The molecule has 3 amide bonds. The lowest BCUT2D eigenvalue weighted by Crippen LogP contribution is -2.41. The second kappa shape index (κ2) is 9.77. The van der Waals surface area contributed by atoms with Crippen molar-refractivity contribution < 1.29 is 14.3 Å². The van der Waals surface area contributed by atoms with Gasteiger partial charge in [-0.15, -0.1) is 0 Å². The standard InChI is InChI=1S/C15H23N3O3/c1-3-16-14(19)10-18-15(20)17-9-12-7-5-6-8-13(12)11-21-4-2/h5-8H,3-4,9-11H2,1-2H3,(H,16,19)(H2,17,18,20). The number of nitrogens with one attached hydrogen (secondary N) is 3. The monoisotopic (exact) mass is 293 g/mol. The van der Waals surface area contributed by atoms with E-state index in [9.17, 15) is 9.59 Å². The molecule has 0 spiro atoms. The van der Waals surface area contributed by atoms with Crippen LogP contribution in [0, 0.1) is 0 Å². The Kier molecular flexibility index (Phi) is 7.89. The number of amides is 3. The van der Waals surface area contributed by atoms with E-state index in [1.165, 1.54) is 0 Å². The van der Waals surface area contributed by atoms with Crippen LogP contribution in [0.25, 0.3) is 0 Å². The highest BCUT2D eigenvalue weighted by Gasteiger charge is 2.06. The van der Waals surface area contributed by atoms with Crippen LogP contribution < -0.4 is 16.0 Å². The summed E-state index contributed by atoms with van der Waals surface area (Å²) < 4.78 is 5.39. The average molecular weight is 293 g/mol. The van der Waals surface area contributed by atoms with Gasteiger partial charge < -0.3 is 20.7 Å². The summed E-state index contributed by atoms with van der Waals surface area (Å²) in [5.41, 5.74) is 2.04. The Labute approximate surface area is 125 Å². The number of hydrogen-bond acceptors (Lipinski definition) is 3. The maximum Gasteiger partial charge on any atom is 0.315 e. The van der Waals surface area contributed by atoms with Crippen LogP contribution in [0.1, 0.15) is 25.0 Å². The molecule has 1 aromatic rings. The Morgan fingerprint density at radius 3 is 2.43 bits per heavy atom. The molecule has 0 saturated heterocycles. The first-order valence-electron chi connectivity index (χ1n) is 7.10. The van der Waals surface area contributed by atoms with Gasteiger partial charge in [-0.25, -0.2) is 4.79 Å². The molecule has 0 atom stereocenters. The van der Waals surface area contributed by atoms with Gasteiger partial charge in [0.15, 0.2) is 0 Å². The van der Waals surface area contributed by atoms with E-state index >= 15 is 0 Å². The summed E-state index contributed by atoms with van der Waals surface area (Å²) in [7, 11) is 0. The van der Waals surface area contributed by atoms with Gasteiger partial charge in [-0.1, -0.05) is 24.3 Å². The maximum atomic E-state index is 11.6. The fraction of sp³-hybridized carbons (Fsp3) is 0.467. The highest BCUT2D eigenvalue weighted by atomic mass is 16.5. The van der Waals surface area contributed by atoms with Crippen molar-refractivity contribution >= 4 is 11.9 Å². The number of urea groups is 1. The Hall–Kier alpha value is -2.08. The lowest BCUT2D eigenvalue weighted by molar-refractivity contribution is -0.119. The maximum absolute atomic E-state index is 11.6. The Bertz CT molecular complexity index is 463. The molecule has 21 heavy (non-hydrogen) atoms. The topological polar surface area (TPSA) is 79.5 Å². The van der Waals surface area contributed by atoms with Gasteiger partial charge in [0.05, 0.1) is 13.2 Å². The minimum atomic E-state index is -0.368. The fourth-order valence-corrected chi connectivity index (χ4v) is 1.74. The first-order valence-corrected chi connectivity index (χ1v) is 7.10. The number of hydrogen-bond donors (Lipinski definition) is 3. The molecule has 0 aliphatic heterocycles. The molecular formula is C15H23N3O3. The molecule has 0 aliphatic rings. The van der Waals surface area contributed by atoms with E-state index in [0.717, 1.165) is 11.1 Å². The zero-order valence-electron chi connectivity index (χ0n) is 12.6. The molecule has 0 unspecified atom stereocenters.